The van der Waals surface area contributed by atoms with Crippen LogP contribution in [0.2, 0.25) is 0 Å². The van der Waals surface area contributed by atoms with Gasteiger partial charge >= 0.3 is 6.03 Å². The number of amides is 2. The van der Waals surface area contributed by atoms with E-state index in [0.29, 0.717) is 6.54 Å². The molecule has 6 nitrogen and oxygen atoms in total. The summed E-state index contributed by atoms with van der Waals surface area (Å²) in [5.74, 6) is 0. The Morgan fingerprint density at radius 2 is 1.92 bits per heavy atom. The molecule has 0 spiro atoms. The second-order valence-electron chi connectivity index (χ2n) is 6.10. The topological polar surface area (TPSA) is 66.5 Å². The number of benzene rings is 1. The van der Waals surface area contributed by atoms with Crippen LogP contribution in [0.15, 0.2) is 42.7 Å². The van der Waals surface area contributed by atoms with E-state index >= 15 is 0 Å². The van der Waals surface area contributed by atoms with Crippen molar-refractivity contribution in [3.63, 3.8) is 0 Å². The van der Waals surface area contributed by atoms with Gasteiger partial charge in [-0.05, 0) is 41.8 Å². The van der Waals surface area contributed by atoms with Gasteiger partial charge in [0.25, 0.3) is 0 Å². The Bertz CT molecular complexity index is 700. The van der Waals surface area contributed by atoms with Gasteiger partial charge in [-0.1, -0.05) is 12.1 Å². The molecular weight excluding hydrogens is 316 g/mol. The number of nitrogens with one attached hydrogen (secondary N) is 2. The van der Waals surface area contributed by atoms with E-state index in [2.05, 4.69) is 20.5 Å². The van der Waals surface area contributed by atoms with Gasteiger partial charge in [-0.25, -0.2) is 4.79 Å². The van der Waals surface area contributed by atoms with Gasteiger partial charge in [0.05, 0.1) is 13.2 Å². The number of anilines is 1. The third-order valence-corrected chi connectivity index (χ3v) is 4.32. The van der Waals surface area contributed by atoms with E-state index in [1.54, 1.807) is 12.4 Å². The highest BCUT2D eigenvalue weighted by Gasteiger charge is 2.11. The van der Waals surface area contributed by atoms with Crippen molar-refractivity contribution in [3.8, 4) is 11.1 Å². The van der Waals surface area contributed by atoms with Crippen LogP contribution in [0.5, 0.6) is 0 Å². The van der Waals surface area contributed by atoms with Gasteiger partial charge in [-0.3, -0.25) is 9.88 Å². The van der Waals surface area contributed by atoms with Crippen LogP contribution in [-0.2, 0) is 4.74 Å². The fourth-order valence-corrected chi connectivity index (χ4v) is 2.80. The van der Waals surface area contributed by atoms with E-state index in [1.165, 1.54) is 0 Å². The van der Waals surface area contributed by atoms with Gasteiger partial charge in [0.2, 0.25) is 0 Å². The average molecular weight is 340 g/mol. The molecule has 1 aliphatic heterocycles. The molecule has 0 aliphatic carbocycles. The molecule has 1 saturated heterocycles. The smallest absolute Gasteiger partial charge is 0.319 e. The van der Waals surface area contributed by atoms with Gasteiger partial charge in [0.15, 0.2) is 0 Å². The lowest BCUT2D eigenvalue weighted by Crippen LogP contribution is -2.42. The highest BCUT2D eigenvalue weighted by molar-refractivity contribution is 5.91. The van der Waals surface area contributed by atoms with Crippen LogP contribution in [-0.4, -0.2) is 55.3 Å². The molecule has 1 aromatic carbocycles. The average Bonchev–Trinajstić information content (AvgIpc) is 2.65. The standard InChI is InChI=1S/C19H24N4O2/c1-15-2-3-17(16-4-6-20-7-5-16)14-18(15)22-19(24)21-8-9-23-10-12-25-13-11-23/h2-7,14H,8-13H2,1H3,(H2,21,22,24). The van der Waals surface area contributed by atoms with E-state index in [1.807, 2.05) is 37.3 Å². The number of carbonyl (C=O) groups excluding carboxylic acids is 1. The van der Waals surface area contributed by atoms with E-state index in [4.69, 9.17) is 4.74 Å². The summed E-state index contributed by atoms with van der Waals surface area (Å²) in [6, 6.07) is 9.79. The van der Waals surface area contributed by atoms with E-state index in [-0.39, 0.29) is 6.03 Å². The normalized spacial score (nSPS) is 14.9. The lowest BCUT2D eigenvalue weighted by Gasteiger charge is -2.26. The van der Waals surface area contributed by atoms with Crippen molar-refractivity contribution in [2.75, 3.05) is 44.7 Å². The zero-order chi connectivity index (χ0) is 17.5. The van der Waals surface area contributed by atoms with Crippen LogP contribution in [0.1, 0.15) is 5.56 Å². The maximum atomic E-state index is 12.2. The predicted molar refractivity (Wildman–Crippen MR) is 98.7 cm³/mol. The number of aryl methyl sites for hydroxylation is 1. The third kappa shape index (κ3) is 5.01. The molecule has 0 unspecified atom stereocenters. The fraction of sp³-hybridized carbons (Fsp3) is 0.368. The van der Waals surface area contributed by atoms with Crippen LogP contribution in [0.25, 0.3) is 11.1 Å². The molecule has 132 valence electrons. The first-order valence-electron chi connectivity index (χ1n) is 8.58. The number of carbonyl (C=O) groups is 1. The van der Waals surface area contributed by atoms with Crippen LogP contribution in [0.3, 0.4) is 0 Å². The summed E-state index contributed by atoms with van der Waals surface area (Å²) in [6.07, 6.45) is 3.53. The molecule has 3 rings (SSSR count). The summed E-state index contributed by atoms with van der Waals surface area (Å²) in [4.78, 5) is 18.5. The Balaban J connectivity index is 1.55. The Labute approximate surface area is 148 Å². The number of pyridine rings is 1. The van der Waals surface area contributed by atoms with E-state index in [9.17, 15) is 4.79 Å². The van der Waals surface area contributed by atoms with Gasteiger partial charge in [0, 0.05) is 44.3 Å². The Kier molecular flexibility index (Phi) is 5.98. The molecule has 0 saturated carbocycles. The lowest BCUT2D eigenvalue weighted by molar-refractivity contribution is 0.0388. The summed E-state index contributed by atoms with van der Waals surface area (Å²) >= 11 is 0. The highest BCUT2D eigenvalue weighted by Crippen LogP contribution is 2.24. The summed E-state index contributed by atoms with van der Waals surface area (Å²) in [5.41, 5.74) is 3.97. The molecular formula is C19H24N4O2. The second-order valence-corrected chi connectivity index (χ2v) is 6.10. The number of aromatic nitrogens is 1. The second kappa shape index (κ2) is 8.60. The molecule has 2 aromatic rings. The van der Waals surface area contributed by atoms with Crippen LogP contribution in [0.4, 0.5) is 10.5 Å². The van der Waals surface area contributed by atoms with Gasteiger partial charge in [-0.15, -0.1) is 0 Å². The van der Waals surface area contributed by atoms with Crippen molar-refractivity contribution in [2.24, 2.45) is 0 Å². The van der Waals surface area contributed by atoms with Crippen LogP contribution >= 0.6 is 0 Å². The minimum Gasteiger partial charge on any atom is -0.379 e. The number of morpholine rings is 1. The molecule has 2 amide bonds. The first-order chi connectivity index (χ1) is 12.2. The maximum Gasteiger partial charge on any atom is 0.319 e. The summed E-state index contributed by atoms with van der Waals surface area (Å²) in [5, 5.41) is 5.87. The minimum absolute atomic E-state index is 0.178. The Morgan fingerprint density at radius 1 is 1.16 bits per heavy atom. The van der Waals surface area contributed by atoms with Crippen molar-refractivity contribution in [1.29, 1.82) is 0 Å². The number of urea groups is 1. The summed E-state index contributed by atoms with van der Waals surface area (Å²) in [7, 11) is 0. The molecule has 1 aliphatic rings. The van der Waals surface area contributed by atoms with Crippen LogP contribution in [0, 0.1) is 6.92 Å². The van der Waals surface area contributed by atoms with Crippen molar-refractivity contribution in [2.45, 2.75) is 6.92 Å². The molecule has 2 heterocycles. The highest BCUT2D eigenvalue weighted by atomic mass is 16.5. The van der Waals surface area contributed by atoms with Crippen molar-refractivity contribution in [3.05, 3.63) is 48.3 Å². The first kappa shape index (κ1) is 17.4. The first-order valence-corrected chi connectivity index (χ1v) is 8.58. The minimum atomic E-state index is -0.178. The van der Waals surface area contributed by atoms with Gasteiger partial charge in [0.1, 0.15) is 0 Å². The van der Waals surface area contributed by atoms with E-state index in [0.717, 1.165) is 55.2 Å². The number of hydrogen-bond donors (Lipinski definition) is 2. The van der Waals surface area contributed by atoms with Crippen LogP contribution < -0.4 is 10.6 Å². The zero-order valence-corrected chi connectivity index (χ0v) is 14.5. The molecule has 6 heteroatoms. The monoisotopic (exact) mass is 340 g/mol. The number of hydrogen-bond acceptors (Lipinski definition) is 4. The molecule has 2 N–H and O–H groups in total. The summed E-state index contributed by atoms with van der Waals surface area (Å²) < 4.78 is 5.32. The SMILES string of the molecule is Cc1ccc(-c2ccncc2)cc1NC(=O)NCCN1CCOCC1. The van der Waals surface area contributed by atoms with E-state index < -0.39 is 0 Å². The maximum absolute atomic E-state index is 12.2. The molecule has 0 bridgehead atoms. The molecule has 25 heavy (non-hydrogen) atoms. The Hall–Kier alpha value is -2.44. The quantitative estimate of drug-likeness (QED) is 0.878. The molecule has 1 aromatic heterocycles. The molecule has 1 fully saturated rings. The number of rotatable bonds is 5. The molecule has 0 radical (unpaired) electrons. The Morgan fingerprint density at radius 3 is 2.68 bits per heavy atom. The largest absolute Gasteiger partial charge is 0.379 e. The predicted octanol–water partition coefficient (Wildman–Crippen LogP) is 2.51. The van der Waals surface area contributed by atoms with Crippen molar-refractivity contribution in [1.82, 2.24) is 15.2 Å². The fourth-order valence-electron chi connectivity index (χ4n) is 2.80. The number of nitrogens with zero attached hydrogens (tertiary/aromatic N) is 2. The van der Waals surface area contributed by atoms with Gasteiger partial charge in [-0.2, -0.15) is 0 Å². The lowest BCUT2D eigenvalue weighted by atomic mass is 10.0. The molecule has 0 atom stereocenters. The van der Waals surface area contributed by atoms with Crippen molar-refractivity contribution < 1.29 is 9.53 Å². The number of ether oxygens (including phenoxy) is 1. The zero-order valence-electron chi connectivity index (χ0n) is 14.5. The third-order valence-electron chi connectivity index (χ3n) is 4.32. The van der Waals surface area contributed by atoms with Gasteiger partial charge < -0.3 is 15.4 Å². The summed E-state index contributed by atoms with van der Waals surface area (Å²) in [6.45, 7) is 6.84. The van der Waals surface area contributed by atoms with Crippen molar-refractivity contribution >= 4 is 11.7 Å².